The summed E-state index contributed by atoms with van der Waals surface area (Å²) in [5.41, 5.74) is 6.73. The Bertz CT molecular complexity index is 952. The lowest BCUT2D eigenvalue weighted by Crippen LogP contribution is -2.36. The van der Waals surface area contributed by atoms with Crippen LogP contribution in [-0.2, 0) is 17.9 Å². The Morgan fingerprint density at radius 3 is 2.34 bits per heavy atom. The second kappa shape index (κ2) is 12.1. The van der Waals surface area contributed by atoms with Crippen LogP contribution in [0, 0.1) is 0 Å². The number of nitrogens with one attached hydrogen (secondary N) is 3. The molecule has 0 unspecified atom stereocenters. The number of carbonyl (C=O) groups excluding carboxylic acids is 2. The molecular formula is C21H25F2N5O4. The highest BCUT2D eigenvalue weighted by atomic mass is 19.3. The number of methoxy groups -OCH3 is 1. The summed E-state index contributed by atoms with van der Waals surface area (Å²) in [6.45, 7) is -2.62. The maximum absolute atomic E-state index is 12.7. The second-order valence-corrected chi connectivity index (χ2v) is 6.48. The molecular weight excluding hydrogens is 424 g/mol. The number of primary amides is 1. The molecule has 2 amide bonds. The Kier molecular flexibility index (Phi) is 9.21. The average Bonchev–Trinajstić information content (AvgIpc) is 2.78. The molecule has 0 bridgehead atoms. The van der Waals surface area contributed by atoms with E-state index < -0.39 is 18.4 Å². The van der Waals surface area contributed by atoms with Gasteiger partial charge in [0, 0.05) is 31.3 Å². The van der Waals surface area contributed by atoms with Crippen LogP contribution < -0.4 is 31.2 Å². The first-order chi connectivity index (χ1) is 15.3. The molecule has 0 atom stereocenters. The molecule has 0 aliphatic rings. The summed E-state index contributed by atoms with van der Waals surface area (Å²) in [5.74, 6) is -0.0554. The van der Waals surface area contributed by atoms with Crippen LogP contribution in [0.1, 0.15) is 21.5 Å². The van der Waals surface area contributed by atoms with Crippen molar-refractivity contribution in [3.63, 3.8) is 0 Å². The summed E-state index contributed by atoms with van der Waals surface area (Å²) in [6, 6.07) is 11.3. The molecule has 0 radical (unpaired) electrons. The van der Waals surface area contributed by atoms with E-state index in [1.54, 1.807) is 37.4 Å². The lowest BCUT2D eigenvalue weighted by atomic mass is 10.1. The molecule has 0 saturated heterocycles. The van der Waals surface area contributed by atoms with Crippen molar-refractivity contribution in [2.75, 3.05) is 20.7 Å². The van der Waals surface area contributed by atoms with E-state index in [1.807, 2.05) is 0 Å². The van der Waals surface area contributed by atoms with Crippen molar-refractivity contribution in [1.82, 2.24) is 16.0 Å². The predicted molar refractivity (Wildman–Crippen MR) is 115 cm³/mol. The van der Waals surface area contributed by atoms with Crippen molar-refractivity contribution >= 4 is 17.8 Å². The fourth-order valence-electron chi connectivity index (χ4n) is 2.66. The van der Waals surface area contributed by atoms with Crippen LogP contribution in [0.15, 0.2) is 47.5 Å². The zero-order valence-electron chi connectivity index (χ0n) is 17.7. The smallest absolute Gasteiger partial charge is 0.387 e. The first kappa shape index (κ1) is 24.4. The lowest BCUT2D eigenvalue weighted by Gasteiger charge is -2.15. The van der Waals surface area contributed by atoms with E-state index >= 15 is 0 Å². The number of carbonyl (C=O) groups is 2. The fraction of sp³-hybridized carbons (Fsp3) is 0.286. The van der Waals surface area contributed by atoms with Gasteiger partial charge in [-0.15, -0.1) is 0 Å². The molecule has 2 rings (SSSR count). The van der Waals surface area contributed by atoms with Gasteiger partial charge < -0.3 is 31.2 Å². The van der Waals surface area contributed by atoms with E-state index in [1.165, 1.54) is 19.2 Å². The quantitative estimate of drug-likeness (QED) is 0.321. The van der Waals surface area contributed by atoms with Gasteiger partial charge in [-0.1, -0.05) is 12.1 Å². The molecule has 32 heavy (non-hydrogen) atoms. The van der Waals surface area contributed by atoms with Crippen molar-refractivity contribution in [2.45, 2.75) is 19.7 Å². The van der Waals surface area contributed by atoms with Crippen LogP contribution in [0.25, 0.3) is 0 Å². The van der Waals surface area contributed by atoms with Crippen molar-refractivity contribution in [3.05, 3.63) is 59.2 Å². The summed E-state index contributed by atoms with van der Waals surface area (Å²) in [4.78, 5) is 26.8. The number of ether oxygens (including phenoxy) is 2. The number of amides is 2. The van der Waals surface area contributed by atoms with Crippen molar-refractivity contribution in [3.8, 4) is 11.5 Å². The number of alkyl halides is 2. The number of guanidine groups is 1. The first-order valence-electron chi connectivity index (χ1n) is 9.54. The predicted octanol–water partition coefficient (Wildman–Crippen LogP) is 1.38. The van der Waals surface area contributed by atoms with Crippen LogP contribution in [0.2, 0.25) is 0 Å². The molecule has 0 fully saturated rings. The van der Waals surface area contributed by atoms with Crippen LogP contribution in [0.5, 0.6) is 11.5 Å². The van der Waals surface area contributed by atoms with Gasteiger partial charge in [-0.05, 0) is 35.9 Å². The van der Waals surface area contributed by atoms with E-state index in [2.05, 4.69) is 25.7 Å². The van der Waals surface area contributed by atoms with E-state index in [-0.39, 0.29) is 18.8 Å². The highest BCUT2D eigenvalue weighted by Gasteiger charge is 2.12. The summed E-state index contributed by atoms with van der Waals surface area (Å²) in [6.07, 6.45) is 0. The Morgan fingerprint density at radius 2 is 1.75 bits per heavy atom. The number of aliphatic imine (C=N–C) groups is 1. The van der Waals surface area contributed by atoms with Gasteiger partial charge in [-0.2, -0.15) is 8.78 Å². The zero-order chi connectivity index (χ0) is 23.5. The molecule has 2 aromatic rings. The topological polar surface area (TPSA) is 127 Å². The molecule has 0 aromatic heterocycles. The van der Waals surface area contributed by atoms with Crippen LogP contribution in [-0.4, -0.2) is 45.1 Å². The van der Waals surface area contributed by atoms with E-state index in [0.717, 1.165) is 5.56 Å². The van der Waals surface area contributed by atoms with Gasteiger partial charge >= 0.3 is 6.61 Å². The number of rotatable bonds is 10. The van der Waals surface area contributed by atoms with Crippen molar-refractivity contribution < 1.29 is 27.8 Å². The van der Waals surface area contributed by atoms with Crippen LogP contribution >= 0.6 is 0 Å². The van der Waals surface area contributed by atoms with Gasteiger partial charge in [-0.3, -0.25) is 14.6 Å². The van der Waals surface area contributed by atoms with Crippen LogP contribution in [0.3, 0.4) is 0 Å². The van der Waals surface area contributed by atoms with Gasteiger partial charge in [0.05, 0.1) is 13.7 Å². The minimum absolute atomic E-state index is 0.0361. The third-order valence-corrected chi connectivity index (χ3v) is 4.25. The number of nitrogens with two attached hydrogens (primary N) is 1. The zero-order valence-corrected chi connectivity index (χ0v) is 17.7. The first-order valence-corrected chi connectivity index (χ1v) is 9.54. The summed E-state index contributed by atoms with van der Waals surface area (Å²) >= 11 is 0. The maximum atomic E-state index is 12.7. The number of hydrogen-bond acceptors (Lipinski definition) is 5. The largest absolute Gasteiger partial charge is 0.497 e. The average molecular weight is 449 g/mol. The molecule has 11 heteroatoms. The maximum Gasteiger partial charge on any atom is 0.387 e. The Balaban J connectivity index is 1.93. The second-order valence-electron chi connectivity index (χ2n) is 6.48. The Hall–Kier alpha value is -3.89. The third-order valence-electron chi connectivity index (χ3n) is 4.25. The molecule has 0 saturated carbocycles. The fourth-order valence-corrected chi connectivity index (χ4v) is 2.66. The summed E-state index contributed by atoms with van der Waals surface area (Å²) in [5, 5.41) is 8.53. The van der Waals surface area contributed by atoms with E-state index in [4.69, 9.17) is 10.5 Å². The van der Waals surface area contributed by atoms with E-state index in [0.29, 0.717) is 29.4 Å². The summed E-state index contributed by atoms with van der Waals surface area (Å²) < 4.78 is 35.0. The number of benzene rings is 2. The van der Waals surface area contributed by atoms with Gasteiger partial charge in [0.2, 0.25) is 5.91 Å². The van der Waals surface area contributed by atoms with Gasteiger partial charge in [0.25, 0.3) is 5.91 Å². The summed E-state index contributed by atoms with van der Waals surface area (Å²) in [7, 11) is 3.05. The Morgan fingerprint density at radius 1 is 1.06 bits per heavy atom. The lowest BCUT2D eigenvalue weighted by molar-refractivity contribution is -0.117. The molecule has 0 spiro atoms. The molecule has 0 heterocycles. The molecule has 0 aliphatic heterocycles. The molecule has 172 valence electrons. The monoisotopic (exact) mass is 449 g/mol. The minimum Gasteiger partial charge on any atom is -0.497 e. The van der Waals surface area contributed by atoms with Gasteiger partial charge in [-0.25, -0.2) is 0 Å². The normalized spacial score (nSPS) is 11.1. The van der Waals surface area contributed by atoms with Crippen molar-refractivity contribution in [1.29, 1.82) is 0 Å². The molecule has 5 N–H and O–H groups in total. The van der Waals surface area contributed by atoms with E-state index in [9.17, 15) is 18.4 Å². The number of nitrogens with zero attached hydrogens (tertiary/aromatic N) is 1. The highest BCUT2D eigenvalue weighted by molar-refractivity contribution is 5.96. The number of halogens is 2. The van der Waals surface area contributed by atoms with Gasteiger partial charge in [0.1, 0.15) is 11.5 Å². The number of hydrogen-bond donors (Lipinski definition) is 4. The Labute approximate surface area is 184 Å². The molecule has 2 aromatic carbocycles. The molecule has 9 nitrogen and oxygen atoms in total. The third kappa shape index (κ3) is 7.74. The van der Waals surface area contributed by atoms with Gasteiger partial charge in [0.15, 0.2) is 5.96 Å². The standard InChI is InChI=1S/C21H25F2N5O4/c1-25-21(28-11-15-9-16(31-2)7-8-17(15)32-20(22)23)27-10-13-3-5-14(6-4-13)19(30)26-12-18(24)29/h3-9,20H,10-12H2,1-2H3,(H2,24,29)(H,26,30)(H2,25,27,28). The van der Waals surface area contributed by atoms with Crippen LogP contribution in [0.4, 0.5) is 8.78 Å². The van der Waals surface area contributed by atoms with Crippen molar-refractivity contribution in [2.24, 2.45) is 10.7 Å². The molecule has 0 aliphatic carbocycles. The highest BCUT2D eigenvalue weighted by Crippen LogP contribution is 2.25. The SMILES string of the molecule is CN=C(NCc1ccc(C(=O)NCC(N)=O)cc1)NCc1cc(OC)ccc1OC(F)F. The minimum atomic E-state index is -2.94.